The number of benzene rings is 2. The normalized spacial score (nSPS) is 17.7. The summed E-state index contributed by atoms with van der Waals surface area (Å²) >= 11 is 1.38. The third-order valence-corrected chi connectivity index (χ3v) is 6.42. The largest absolute Gasteiger partial charge is 0.484 e. The maximum absolute atomic E-state index is 14.6. The van der Waals surface area contributed by atoms with Crippen LogP contribution in [0.15, 0.2) is 24.4 Å². The van der Waals surface area contributed by atoms with Gasteiger partial charge in [-0.2, -0.15) is 5.26 Å². The molecule has 2 atom stereocenters. The molecular formula is C21H15FN4O3S. The molecule has 3 heterocycles. The van der Waals surface area contributed by atoms with Gasteiger partial charge in [0.1, 0.15) is 11.1 Å². The third-order valence-electron chi connectivity index (χ3n) is 5.28. The Balaban J connectivity index is 1.76. The molecule has 4 aromatic rings. The summed E-state index contributed by atoms with van der Waals surface area (Å²) in [6.07, 6.45) is 1.01. The fourth-order valence-electron chi connectivity index (χ4n) is 3.76. The standard InChI is InChI=1S/C21H15FN4O3S/c1-9-15(8-27)29-19-12(22)5-14-20(17(9)19)30-21(26-14)11-3-10(6-23)4-13-18(11)24-7-16(25-13)28-2/h3-5,7,9,15,27H,8H2,1-2H3/t9-,15-/m1/s1. The molecule has 0 spiro atoms. The number of hydrogen-bond donors (Lipinski definition) is 1. The van der Waals surface area contributed by atoms with E-state index in [1.54, 1.807) is 12.1 Å². The van der Waals surface area contributed by atoms with Crippen LogP contribution in [-0.4, -0.2) is 39.9 Å². The van der Waals surface area contributed by atoms with Gasteiger partial charge >= 0.3 is 0 Å². The van der Waals surface area contributed by atoms with E-state index in [1.807, 2.05) is 6.92 Å². The first-order valence-corrected chi connectivity index (χ1v) is 10.0. The molecule has 0 saturated heterocycles. The minimum Gasteiger partial charge on any atom is -0.484 e. The monoisotopic (exact) mass is 422 g/mol. The zero-order valence-corrected chi connectivity index (χ0v) is 16.8. The van der Waals surface area contributed by atoms with Gasteiger partial charge in [0.15, 0.2) is 11.6 Å². The lowest BCUT2D eigenvalue weighted by Gasteiger charge is -2.10. The lowest BCUT2D eigenvalue weighted by molar-refractivity contribution is 0.117. The van der Waals surface area contributed by atoms with Crippen LogP contribution >= 0.6 is 11.3 Å². The number of aromatic nitrogens is 3. The summed E-state index contributed by atoms with van der Waals surface area (Å²) in [5.74, 6) is -0.168. The maximum atomic E-state index is 14.6. The highest BCUT2D eigenvalue weighted by Crippen LogP contribution is 2.47. The van der Waals surface area contributed by atoms with Crippen molar-refractivity contribution >= 4 is 32.6 Å². The number of aliphatic hydroxyl groups excluding tert-OH is 1. The Morgan fingerprint density at radius 1 is 1.30 bits per heavy atom. The summed E-state index contributed by atoms with van der Waals surface area (Å²) in [7, 11) is 1.50. The molecular weight excluding hydrogens is 407 g/mol. The van der Waals surface area contributed by atoms with Crippen molar-refractivity contribution in [2.75, 3.05) is 13.7 Å². The predicted octanol–water partition coefficient (Wildman–Crippen LogP) is 3.78. The Morgan fingerprint density at radius 2 is 2.13 bits per heavy atom. The van der Waals surface area contributed by atoms with Crippen LogP contribution in [0.4, 0.5) is 4.39 Å². The second-order valence-corrected chi connectivity index (χ2v) is 8.01. The highest BCUT2D eigenvalue weighted by molar-refractivity contribution is 7.22. The summed E-state index contributed by atoms with van der Waals surface area (Å²) in [6.45, 7) is 1.70. The van der Waals surface area contributed by atoms with E-state index in [0.29, 0.717) is 44.1 Å². The van der Waals surface area contributed by atoms with Gasteiger partial charge in [0.25, 0.3) is 0 Å². The van der Waals surface area contributed by atoms with Crippen molar-refractivity contribution in [3.63, 3.8) is 0 Å². The van der Waals surface area contributed by atoms with Crippen molar-refractivity contribution < 1.29 is 19.0 Å². The van der Waals surface area contributed by atoms with Crippen LogP contribution in [0.5, 0.6) is 11.6 Å². The van der Waals surface area contributed by atoms with Gasteiger partial charge in [-0.1, -0.05) is 6.92 Å². The molecule has 5 rings (SSSR count). The summed E-state index contributed by atoms with van der Waals surface area (Å²) in [5, 5.41) is 19.6. The first-order chi connectivity index (χ1) is 14.5. The van der Waals surface area contributed by atoms with E-state index < -0.39 is 11.9 Å². The van der Waals surface area contributed by atoms with E-state index in [-0.39, 0.29) is 18.3 Å². The average Bonchev–Trinajstić information content (AvgIpc) is 3.33. The van der Waals surface area contributed by atoms with Crippen LogP contribution in [0.2, 0.25) is 0 Å². The van der Waals surface area contributed by atoms with Crippen molar-refractivity contribution in [2.45, 2.75) is 18.9 Å². The molecule has 1 N–H and O–H groups in total. The van der Waals surface area contributed by atoms with Crippen molar-refractivity contribution in [2.24, 2.45) is 0 Å². The lowest BCUT2D eigenvalue weighted by Crippen LogP contribution is -2.21. The third kappa shape index (κ3) is 2.69. The number of thiazole rings is 1. The Bertz CT molecular complexity index is 1360. The molecule has 7 nitrogen and oxygen atoms in total. The van der Waals surface area contributed by atoms with E-state index in [2.05, 4.69) is 21.0 Å². The van der Waals surface area contributed by atoms with E-state index in [0.717, 1.165) is 4.70 Å². The van der Waals surface area contributed by atoms with Crippen LogP contribution in [0, 0.1) is 17.1 Å². The minimum atomic E-state index is -0.502. The van der Waals surface area contributed by atoms with E-state index in [4.69, 9.17) is 9.47 Å². The molecule has 0 amide bonds. The highest BCUT2D eigenvalue weighted by atomic mass is 32.1. The SMILES string of the molecule is COc1cnc2c(-c3nc4cc(F)c5c(c4s3)[C@H](C)[C@@H](CO)O5)cc(C#N)cc2n1. The zero-order valence-electron chi connectivity index (χ0n) is 16.0. The van der Waals surface area contributed by atoms with Gasteiger partial charge in [-0.15, -0.1) is 11.3 Å². The first-order valence-electron chi connectivity index (χ1n) is 9.19. The van der Waals surface area contributed by atoms with E-state index >= 15 is 0 Å². The average molecular weight is 422 g/mol. The number of aliphatic hydroxyl groups is 1. The smallest absolute Gasteiger partial charge is 0.232 e. The van der Waals surface area contributed by atoms with Gasteiger partial charge < -0.3 is 14.6 Å². The topological polar surface area (TPSA) is 101 Å². The van der Waals surface area contributed by atoms with E-state index in [9.17, 15) is 14.8 Å². The second-order valence-electron chi connectivity index (χ2n) is 7.01. The number of methoxy groups -OCH3 is 1. The molecule has 0 bridgehead atoms. The fraction of sp³-hybridized carbons (Fsp3) is 0.238. The molecule has 30 heavy (non-hydrogen) atoms. The summed E-state index contributed by atoms with van der Waals surface area (Å²) in [6, 6.07) is 6.81. The molecule has 2 aromatic heterocycles. The molecule has 0 saturated carbocycles. The second kappa shape index (κ2) is 6.86. The Labute approximate surface area is 174 Å². The van der Waals surface area contributed by atoms with E-state index in [1.165, 1.54) is 30.7 Å². The predicted molar refractivity (Wildman–Crippen MR) is 109 cm³/mol. The molecule has 2 aromatic carbocycles. The number of rotatable bonds is 3. The van der Waals surface area contributed by atoms with Crippen LogP contribution < -0.4 is 9.47 Å². The zero-order chi connectivity index (χ0) is 21.0. The van der Waals surface area contributed by atoms with Gasteiger partial charge in [0.05, 0.1) is 52.8 Å². The Hall–Kier alpha value is -3.35. The van der Waals surface area contributed by atoms with Crippen LogP contribution in [0.25, 0.3) is 31.8 Å². The van der Waals surface area contributed by atoms with Gasteiger partial charge in [0, 0.05) is 23.1 Å². The molecule has 150 valence electrons. The summed E-state index contributed by atoms with van der Waals surface area (Å²) < 4.78 is 26.2. The number of fused-ring (bicyclic) bond motifs is 4. The van der Waals surface area contributed by atoms with Crippen molar-refractivity contribution in [3.05, 3.63) is 41.3 Å². The number of nitriles is 1. The van der Waals surface area contributed by atoms with Gasteiger partial charge in [0.2, 0.25) is 5.88 Å². The maximum Gasteiger partial charge on any atom is 0.232 e. The molecule has 0 aliphatic carbocycles. The first kappa shape index (κ1) is 18.7. The number of halogens is 1. The molecule has 0 fully saturated rings. The quantitative estimate of drug-likeness (QED) is 0.536. The van der Waals surface area contributed by atoms with Crippen molar-refractivity contribution in [3.8, 4) is 28.3 Å². The van der Waals surface area contributed by atoms with Gasteiger partial charge in [-0.3, -0.25) is 0 Å². The van der Waals surface area contributed by atoms with Crippen LogP contribution in [0.1, 0.15) is 24.0 Å². The molecule has 0 unspecified atom stereocenters. The molecule has 0 radical (unpaired) electrons. The van der Waals surface area contributed by atoms with Crippen LogP contribution in [0.3, 0.4) is 0 Å². The van der Waals surface area contributed by atoms with Crippen LogP contribution in [-0.2, 0) is 0 Å². The summed E-state index contributed by atoms with van der Waals surface area (Å²) in [5.41, 5.74) is 3.34. The number of nitrogens with zero attached hydrogens (tertiary/aromatic N) is 4. The lowest BCUT2D eigenvalue weighted by atomic mass is 9.97. The number of ether oxygens (including phenoxy) is 2. The molecule has 1 aliphatic rings. The fourth-order valence-corrected chi connectivity index (χ4v) is 4.96. The summed E-state index contributed by atoms with van der Waals surface area (Å²) in [4.78, 5) is 13.4. The van der Waals surface area contributed by atoms with Crippen molar-refractivity contribution in [1.82, 2.24) is 15.0 Å². The minimum absolute atomic E-state index is 0.171. The van der Waals surface area contributed by atoms with Gasteiger partial charge in [-0.25, -0.2) is 19.3 Å². The Morgan fingerprint density at radius 3 is 2.87 bits per heavy atom. The molecule has 1 aliphatic heterocycles. The Kier molecular flexibility index (Phi) is 4.27. The van der Waals surface area contributed by atoms with Gasteiger partial charge in [-0.05, 0) is 12.1 Å². The van der Waals surface area contributed by atoms with Crippen molar-refractivity contribution in [1.29, 1.82) is 5.26 Å². The highest BCUT2D eigenvalue weighted by Gasteiger charge is 2.36. The number of hydrogen-bond acceptors (Lipinski definition) is 8. The molecule has 9 heteroatoms.